The van der Waals surface area contributed by atoms with Gasteiger partial charge in [0.1, 0.15) is 24.2 Å². The number of pyridine rings is 1. The van der Waals surface area contributed by atoms with Gasteiger partial charge in [-0.05, 0) is 93.4 Å². The molecular formula is C28H31ClN2O4. The van der Waals surface area contributed by atoms with Gasteiger partial charge in [0.2, 0.25) is 0 Å². The predicted molar refractivity (Wildman–Crippen MR) is 137 cm³/mol. The van der Waals surface area contributed by atoms with E-state index in [-0.39, 0.29) is 17.8 Å². The number of fused-ring (bicyclic) bond motifs is 3. The number of aromatic nitrogens is 1. The molecule has 0 amide bonds. The van der Waals surface area contributed by atoms with Crippen molar-refractivity contribution in [2.45, 2.75) is 62.8 Å². The third-order valence-electron chi connectivity index (χ3n) is 7.88. The molecule has 184 valence electrons. The molecule has 4 atom stereocenters. The summed E-state index contributed by atoms with van der Waals surface area (Å²) >= 11 is 6.62. The molecule has 0 N–H and O–H groups in total. The molecule has 2 aromatic carbocycles. The van der Waals surface area contributed by atoms with Crippen molar-refractivity contribution in [1.29, 1.82) is 0 Å². The number of rotatable bonds is 6. The normalized spacial score (nSPS) is 26.3. The number of ether oxygens (including phenoxy) is 3. The van der Waals surface area contributed by atoms with E-state index in [1.807, 2.05) is 42.5 Å². The summed E-state index contributed by atoms with van der Waals surface area (Å²) in [4.78, 5) is 15.7. The lowest BCUT2D eigenvalue weighted by Gasteiger charge is -2.36. The Morgan fingerprint density at radius 2 is 1.89 bits per heavy atom. The SMILES string of the molecule is CN1[C@@H]2CC[C@H]1CC(Oc1ccc(-n3ccc4cc(OC[C@@H]5CCCO5)ccc4c3=O)cc1Cl)C2. The number of nitrogens with zero attached hydrogens (tertiary/aromatic N) is 2. The van der Waals surface area contributed by atoms with Crippen LogP contribution in [0.15, 0.2) is 53.5 Å². The van der Waals surface area contributed by atoms with Crippen LogP contribution < -0.4 is 15.0 Å². The van der Waals surface area contributed by atoms with E-state index < -0.39 is 0 Å². The second kappa shape index (κ2) is 9.49. The Morgan fingerprint density at radius 3 is 2.63 bits per heavy atom. The molecule has 7 heteroatoms. The van der Waals surface area contributed by atoms with Crippen LogP contribution in [0.4, 0.5) is 0 Å². The Kier molecular flexibility index (Phi) is 6.21. The predicted octanol–water partition coefficient (Wildman–Crippen LogP) is 5.21. The number of hydrogen-bond acceptors (Lipinski definition) is 5. The highest BCUT2D eigenvalue weighted by molar-refractivity contribution is 6.32. The molecule has 6 rings (SSSR count). The van der Waals surface area contributed by atoms with Crippen molar-refractivity contribution in [2.75, 3.05) is 20.3 Å². The van der Waals surface area contributed by atoms with Crippen molar-refractivity contribution in [2.24, 2.45) is 0 Å². The van der Waals surface area contributed by atoms with E-state index in [2.05, 4.69) is 11.9 Å². The van der Waals surface area contributed by atoms with E-state index in [0.717, 1.165) is 49.1 Å². The van der Waals surface area contributed by atoms with Crippen molar-refractivity contribution in [1.82, 2.24) is 9.47 Å². The Bertz CT molecular complexity index is 1270. The van der Waals surface area contributed by atoms with Crippen LogP contribution in [0.3, 0.4) is 0 Å². The summed E-state index contributed by atoms with van der Waals surface area (Å²) < 4.78 is 19.5. The molecule has 0 radical (unpaired) electrons. The second-order valence-electron chi connectivity index (χ2n) is 10.1. The van der Waals surface area contributed by atoms with Crippen LogP contribution in [0.2, 0.25) is 5.02 Å². The third-order valence-corrected chi connectivity index (χ3v) is 8.17. The topological polar surface area (TPSA) is 52.9 Å². The maximum absolute atomic E-state index is 13.3. The molecule has 3 aliphatic rings. The molecule has 0 saturated carbocycles. The molecule has 0 aliphatic carbocycles. The van der Waals surface area contributed by atoms with Crippen molar-refractivity contribution in [3.63, 3.8) is 0 Å². The van der Waals surface area contributed by atoms with Gasteiger partial charge in [0.05, 0.1) is 16.8 Å². The summed E-state index contributed by atoms with van der Waals surface area (Å²) in [6.45, 7) is 1.34. The van der Waals surface area contributed by atoms with Crippen molar-refractivity contribution in [3.8, 4) is 17.2 Å². The Morgan fingerprint density at radius 1 is 1.06 bits per heavy atom. The molecule has 3 aliphatic heterocycles. The molecule has 3 fully saturated rings. The molecule has 2 bridgehead atoms. The fourth-order valence-corrected chi connectivity index (χ4v) is 6.08. The average Bonchev–Trinajstić information content (AvgIpc) is 3.44. The first-order valence-electron chi connectivity index (χ1n) is 12.6. The number of benzene rings is 2. The maximum atomic E-state index is 13.3. The Balaban J connectivity index is 1.19. The highest BCUT2D eigenvalue weighted by Crippen LogP contribution is 2.37. The van der Waals surface area contributed by atoms with Crippen LogP contribution in [-0.2, 0) is 4.74 Å². The molecule has 1 aromatic heterocycles. The van der Waals surface area contributed by atoms with Gasteiger partial charge in [0, 0.05) is 30.3 Å². The number of hydrogen-bond donors (Lipinski definition) is 0. The van der Waals surface area contributed by atoms with Gasteiger partial charge in [0.25, 0.3) is 5.56 Å². The van der Waals surface area contributed by atoms with Crippen molar-refractivity contribution < 1.29 is 14.2 Å². The number of halogens is 1. The van der Waals surface area contributed by atoms with Gasteiger partial charge in [0.15, 0.2) is 0 Å². The van der Waals surface area contributed by atoms with Gasteiger partial charge >= 0.3 is 0 Å². The summed E-state index contributed by atoms with van der Waals surface area (Å²) in [5.74, 6) is 1.43. The van der Waals surface area contributed by atoms with E-state index in [0.29, 0.717) is 34.8 Å². The molecule has 3 aromatic rings. The van der Waals surface area contributed by atoms with Crippen LogP contribution in [0.1, 0.15) is 38.5 Å². The second-order valence-corrected chi connectivity index (χ2v) is 10.5. The fourth-order valence-electron chi connectivity index (χ4n) is 5.86. The van der Waals surface area contributed by atoms with Crippen LogP contribution in [0.25, 0.3) is 16.5 Å². The summed E-state index contributed by atoms with van der Waals surface area (Å²) in [5, 5.41) is 2.01. The van der Waals surface area contributed by atoms with E-state index in [1.54, 1.807) is 10.8 Å². The standard InChI is InChI=1S/C28H31ClN2O4/c1-30-19-4-5-20(30)15-24(14-19)35-27-9-6-21(16-26(27)29)31-11-10-18-13-22(7-8-25(18)28(31)32)34-17-23-3-2-12-33-23/h6-11,13,16,19-20,23-24H,2-5,12,14-15,17H2,1H3/t19-,20+,23-,24?/m0/s1. The van der Waals surface area contributed by atoms with Crippen LogP contribution in [-0.4, -0.2) is 54.0 Å². The van der Waals surface area contributed by atoms with E-state index in [4.69, 9.17) is 25.8 Å². The first-order valence-corrected chi connectivity index (χ1v) is 13.0. The quantitative estimate of drug-likeness (QED) is 0.471. The molecule has 35 heavy (non-hydrogen) atoms. The molecule has 4 heterocycles. The first-order chi connectivity index (χ1) is 17.0. The summed E-state index contributed by atoms with van der Waals surface area (Å²) in [5.41, 5.74) is 0.626. The van der Waals surface area contributed by atoms with E-state index in [1.165, 1.54) is 12.8 Å². The Labute approximate surface area is 210 Å². The third kappa shape index (κ3) is 4.55. The zero-order valence-corrected chi connectivity index (χ0v) is 20.7. The lowest BCUT2D eigenvalue weighted by molar-refractivity contribution is 0.0662. The summed E-state index contributed by atoms with van der Waals surface area (Å²) in [7, 11) is 2.22. The first kappa shape index (κ1) is 22.9. The van der Waals surface area contributed by atoms with Gasteiger partial charge in [-0.25, -0.2) is 0 Å². The van der Waals surface area contributed by atoms with E-state index in [9.17, 15) is 4.79 Å². The molecule has 1 unspecified atom stereocenters. The average molecular weight is 495 g/mol. The minimum atomic E-state index is -0.0928. The smallest absolute Gasteiger partial charge is 0.262 e. The maximum Gasteiger partial charge on any atom is 0.262 e. The minimum Gasteiger partial charge on any atom is -0.491 e. The van der Waals surface area contributed by atoms with Gasteiger partial charge in [-0.2, -0.15) is 0 Å². The van der Waals surface area contributed by atoms with Gasteiger partial charge in [-0.15, -0.1) is 0 Å². The molecule has 6 nitrogen and oxygen atoms in total. The van der Waals surface area contributed by atoms with Gasteiger partial charge in [-0.3, -0.25) is 9.36 Å². The van der Waals surface area contributed by atoms with Crippen molar-refractivity contribution in [3.05, 3.63) is 64.0 Å². The highest BCUT2D eigenvalue weighted by atomic mass is 35.5. The molecule has 0 spiro atoms. The minimum absolute atomic E-state index is 0.0928. The zero-order chi connectivity index (χ0) is 23.9. The highest BCUT2D eigenvalue weighted by Gasteiger charge is 2.39. The van der Waals surface area contributed by atoms with Gasteiger partial charge < -0.3 is 19.1 Å². The lowest BCUT2D eigenvalue weighted by Crippen LogP contribution is -2.43. The number of piperidine rings is 1. The van der Waals surface area contributed by atoms with Crippen LogP contribution >= 0.6 is 11.6 Å². The van der Waals surface area contributed by atoms with Crippen LogP contribution in [0.5, 0.6) is 11.5 Å². The molecule has 3 saturated heterocycles. The lowest BCUT2D eigenvalue weighted by atomic mass is 10.0. The molecular weight excluding hydrogens is 464 g/mol. The van der Waals surface area contributed by atoms with Gasteiger partial charge in [-0.1, -0.05) is 11.6 Å². The largest absolute Gasteiger partial charge is 0.491 e. The summed E-state index contributed by atoms with van der Waals surface area (Å²) in [6, 6.07) is 14.3. The Hall–Kier alpha value is -2.54. The van der Waals surface area contributed by atoms with Crippen molar-refractivity contribution >= 4 is 22.4 Å². The van der Waals surface area contributed by atoms with Crippen LogP contribution in [0, 0.1) is 0 Å². The fraction of sp³-hybridized carbons (Fsp3) is 0.464. The zero-order valence-electron chi connectivity index (χ0n) is 20.0. The summed E-state index contributed by atoms with van der Waals surface area (Å²) in [6.07, 6.45) is 8.82. The monoisotopic (exact) mass is 494 g/mol. The van der Waals surface area contributed by atoms with E-state index >= 15 is 0 Å².